The van der Waals surface area contributed by atoms with Crippen LogP contribution < -0.4 is 0 Å². The van der Waals surface area contributed by atoms with Crippen molar-refractivity contribution in [3.63, 3.8) is 0 Å². The van der Waals surface area contributed by atoms with Gasteiger partial charge in [0.25, 0.3) is 0 Å². The van der Waals surface area contributed by atoms with Gasteiger partial charge in [-0.1, -0.05) is 121 Å². The van der Waals surface area contributed by atoms with Gasteiger partial charge >= 0.3 is 8.60 Å². The molecule has 8 nitrogen and oxygen atoms in total. The molecule has 0 saturated carbocycles. The lowest BCUT2D eigenvalue weighted by atomic mass is 9.98. The molecule has 4 aromatic carbocycles. The van der Waals surface area contributed by atoms with E-state index in [4.69, 9.17) is 37.3 Å². The van der Waals surface area contributed by atoms with E-state index in [1.807, 2.05) is 135 Å². The predicted molar refractivity (Wildman–Crippen MR) is 181 cm³/mol. The Hall–Kier alpha value is -3.01. The fraction of sp³-hybridized carbons (Fsp3) is 0.368. The molecule has 1 saturated heterocycles. The fourth-order valence-electron chi connectivity index (χ4n) is 5.23. The van der Waals surface area contributed by atoms with Crippen molar-refractivity contribution in [2.24, 2.45) is 0 Å². The highest BCUT2D eigenvalue weighted by Gasteiger charge is 2.50. The molecule has 0 bridgehead atoms. The van der Waals surface area contributed by atoms with Crippen LogP contribution in [0.1, 0.15) is 36.1 Å². The predicted octanol–water partition coefficient (Wildman–Crippen LogP) is 8.00. The summed E-state index contributed by atoms with van der Waals surface area (Å²) in [5.41, 5.74) is 4.15. The average molecular weight is 661 g/mol. The van der Waals surface area contributed by atoms with Crippen LogP contribution in [0.15, 0.2) is 121 Å². The first kappa shape index (κ1) is 35.3. The van der Waals surface area contributed by atoms with E-state index in [1.165, 1.54) is 0 Å². The Morgan fingerprint density at radius 1 is 0.511 bits per heavy atom. The van der Waals surface area contributed by atoms with Crippen LogP contribution in [0.3, 0.4) is 0 Å². The Labute approximate surface area is 279 Å². The van der Waals surface area contributed by atoms with Crippen LogP contribution in [-0.2, 0) is 63.7 Å². The van der Waals surface area contributed by atoms with E-state index < -0.39 is 39.3 Å². The Morgan fingerprint density at radius 2 is 0.915 bits per heavy atom. The van der Waals surface area contributed by atoms with E-state index in [-0.39, 0.29) is 6.61 Å². The van der Waals surface area contributed by atoms with E-state index in [2.05, 4.69) is 0 Å². The van der Waals surface area contributed by atoms with Crippen LogP contribution in [0.5, 0.6) is 0 Å². The number of hydrogen-bond donors (Lipinski definition) is 0. The first-order chi connectivity index (χ1) is 23.2. The van der Waals surface area contributed by atoms with Crippen molar-refractivity contribution in [1.82, 2.24) is 0 Å². The van der Waals surface area contributed by atoms with E-state index in [0.717, 1.165) is 22.3 Å². The van der Waals surface area contributed by atoms with E-state index in [0.29, 0.717) is 39.6 Å². The number of ether oxygens (including phenoxy) is 5. The first-order valence-electron chi connectivity index (χ1n) is 16.2. The molecule has 1 aliphatic rings. The van der Waals surface area contributed by atoms with Gasteiger partial charge in [-0.05, 0) is 36.1 Å². The van der Waals surface area contributed by atoms with Gasteiger partial charge in [-0.25, -0.2) is 0 Å². The molecule has 0 spiro atoms. The molecule has 9 heteroatoms. The van der Waals surface area contributed by atoms with E-state index >= 15 is 0 Å². The molecule has 250 valence electrons. The molecule has 1 heterocycles. The molecule has 1 unspecified atom stereocenters. The molecule has 0 radical (unpaired) electrons. The summed E-state index contributed by atoms with van der Waals surface area (Å²) in [5, 5.41) is 0. The normalized spacial score (nSPS) is 21.2. The van der Waals surface area contributed by atoms with Gasteiger partial charge in [0, 0.05) is 0 Å². The minimum Gasteiger partial charge on any atom is -0.374 e. The number of benzene rings is 4. The Bertz CT molecular complexity index is 1380. The van der Waals surface area contributed by atoms with Gasteiger partial charge in [0.1, 0.15) is 24.4 Å². The third-order valence-electron chi connectivity index (χ3n) is 7.50. The quantitative estimate of drug-likeness (QED) is 0.0938. The van der Waals surface area contributed by atoms with Crippen molar-refractivity contribution in [2.45, 2.75) is 71.0 Å². The van der Waals surface area contributed by atoms with Crippen molar-refractivity contribution < 1.29 is 37.3 Å². The largest absolute Gasteiger partial charge is 0.374 e. The highest BCUT2D eigenvalue weighted by atomic mass is 31.2. The Kier molecular flexibility index (Phi) is 14.8. The Morgan fingerprint density at radius 3 is 1.36 bits per heavy atom. The molecular weight excluding hydrogens is 615 g/mol. The minimum absolute atomic E-state index is 0.242. The lowest BCUT2D eigenvalue weighted by Crippen LogP contribution is -2.61. The van der Waals surface area contributed by atoms with Crippen molar-refractivity contribution in [3.05, 3.63) is 144 Å². The van der Waals surface area contributed by atoms with Crippen molar-refractivity contribution in [1.29, 1.82) is 0 Å². The van der Waals surface area contributed by atoms with Gasteiger partial charge in [-0.15, -0.1) is 0 Å². The summed E-state index contributed by atoms with van der Waals surface area (Å²) >= 11 is 0. The molecule has 47 heavy (non-hydrogen) atoms. The molecule has 0 amide bonds. The van der Waals surface area contributed by atoms with Crippen molar-refractivity contribution in [2.75, 3.05) is 19.8 Å². The zero-order chi connectivity index (χ0) is 32.5. The fourth-order valence-corrected chi connectivity index (χ4v) is 6.18. The molecule has 1 fully saturated rings. The standard InChI is InChI=1S/C38H45O8P/c1-3-43-47(44-4-2)46-38-37(42-28-33-23-15-8-16-24-33)36(41-27-32-21-13-7-14-22-32)35(40-26-31-19-11-6-12-20-31)34(45-38)29-39-25-30-17-9-5-10-18-30/h5-24,34-38H,3-4,25-29H2,1-2H3/t34-,35+,36+,37-,38?/m1/s1. The van der Waals surface area contributed by atoms with Crippen LogP contribution in [0.25, 0.3) is 0 Å². The maximum absolute atomic E-state index is 6.76. The molecule has 5 atom stereocenters. The van der Waals surface area contributed by atoms with E-state index in [1.54, 1.807) is 0 Å². The van der Waals surface area contributed by atoms with Gasteiger partial charge in [-0.3, -0.25) is 4.52 Å². The third-order valence-corrected chi connectivity index (χ3v) is 8.82. The third kappa shape index (κ3) is 11.3. The van der Waals surface area contributed by atoms with Gasteiger partial charge in [0.15, 0.2) is 6.29 Å². The maximum atomic E-state index is 6.76. The van der Waals surface area contributed by atoms with Gasteiger partial charge in [0.05, 0.1) is 46.2 Å². The van der Waals surface area contributed by atoms with Crippen LogP contribution >= 0.6 is 8.60 Å². The van der Waals surface area contributed by atoms with Crippen LogP contribution in [0, 0.1) is 0 Å². The second kappa shape index (κ2) is 19.7. The van der Waals surface area contributed by atoms with Crippen LogP contribution in [0.2, 0.25) is 0 Å². The zero-order valence-electron chi connectivity index (χ0n) is 27.1. The molecule has 0 N–H and O–H groups in total. The van der Waals surface area contributed by atoms with Crippen LogP contribution in [0.4, 0.5) is 0 Å². The first-order valence-corrected chi connectivity index (χ1v) is 17.3. The summed E-state index contributed by atoms with van der Waals surface area (Å²) in [5.74, 6) is 0. The zero-order valence-corrected chi connectivity index (χ0v) is 28.0. The molecule has 4 aromatic rings. The summed E-state index contributed by atoms with van der Waals surface area (Å²) < 4.78 is 51.2. The monoisotopic (exact) mass is 660 g/mol. The highest BCUT2D eigenvalue weighted by Crippen LogP contribution is 2.44. The summed E-state index contributed by atoms with van der Waals surface area (Å²) in [6.07, 6.45) is -3.26. The highest BCUT2D eigenvalue weighted by molar-refractivity contribution is 7.41. The maximum Gasteiger partial charge on any atom is 0.335 e. The smallest absolute Gasteiger partial charge is 0.335 e. The second-order valence-electron chi connectivity index (χ2n) is 11.0. The topological polar surface area (TPSA) is 73.8 Å². The summed E-state index contributed by atoms with van der Waals surface area (Å²) in [4.78, 5) is 0. The minimum atomic E-state index is -1.72. The average Bonchev–Trinajstić information content (AvgIpc) is 3.12. The number of rotatable bonds is 19. The molecule has 5 rings (SSSR count). The van der Waals surface area contributed by atoms with Crippen molar-refractivity contribution >= 4 is 8.60 Å². The van der Waals surface area contributed by atoms with Crippen molar-refractivity contribution in [3.8, 4) is 0 Å². The van der Waals surface area contributed by atoms with E-state index in [9.17, 15) is 0 Å². The van der Waals surface area contributed by atoms with Gasteiger partial charge < -0.3 is 32.7 Å². The number of hydrogen-bond acceptors (Lipinski definition) is 8. The summed E-state index contributed by atoms with van der Waals surface area (Å²) in [7, 11) is -1.72. The van der Waals surface area contributed by atoms with Gasteiger partial charge in [0.2, 0.25) is 0 Å². The molecular formula is C38H45O8P. The summed E-state index contributed by atoms with van der Waals surface area (Å²) in [6, 6.07) is 40.2. The summed E-state index contributed by atoms with van der Waals surface area (Å²) in [6.45, 7) is 6.35. The SMILES string of the molecule is CCOP(OCC)OC1O[C@H](COCc2ccccc2)[C@H](OCc2ccccc2)[C@H](OCc2ccccc2)[C@H]1OCc1ccccc1. The molecule has 1 aliphatic heterocycles. The van der Waals surface area contributed by atoms with Crippen LogP contribution in [-0.4, -0.2) is 50.5 Å². The van der Waals surface area contributed by atoms with Gasteiger partial charge in [-0.2, -0.15) is 0 Å². The Balaban J connectivity index is 1.46. The second-order valence-corrected chi connectivity index (χ2v) is 12.2. The lowest BCUT2D eigenvalue weighted by molar-refractivity contribution is -0.311. The molecule has 0 aromatic heterocycles. The molecule has 0 aliphatic carbocycles. The lowest BCUT2D eigenvalue weighted by Gasteiger charge is -2.46.